The molecular weight excluding hydrogens is 316 g/mol. The third-order valence-corrected chi connectivity index (χ3v) is 4.77. The van der Waals surface area contributed by atoms with Gasteiger partial charge in [0.05, 0.1) is 0 Å². The molecule has 0 bridgehead atoms. The monoisotopic (exact) mass is 334 g/mol. The molecule has 1 aliphatic rings. The van der Waals surface area contributed by atoms with Crippen LogP contribution in [0.15, 0.2) is 17.2 Å². The lowest BCUT2D eigenvalue weighted by Crippen LogP contribution is -2.39. The van der Waals surface area contributed by atoms with E-state index in [1.165, 1.54) is 12.3 Å². The second kappa shape index (κ2) is 6.37. The molecule has 21 heavy (non-hydrogen) atoms. The van der Waals surface area contributed by atoms with Gasteiger partial charge in [0.2, 0.25) is 0 Å². The van der Waals surface area contributed by atoms with Crippen LogP contribution in [0.2, 0.25) is 0 Å². The standard InChI is InChI=1S/C13H19ClN2O4S/c1-9(2)16-8-11(21(14,18)19)7-12(16)13(17)15-10-3-5-20-6-4-10/h7-10H,3-6H2,1-2H3,(H,15,17). The topological polar surface area (TPSA) is 77.4 Å². The molecule has 0 spiro atoms. The first kappa shape index (κ1) is 16.3. The Morgan fingerprint density at radius 1 is 1.43 bits per heavy atom. The Morgan fingerprint density at radius 2 is 2.05 bits per heavy atom. The highest BCUT2D eigenvalue weighted by Gasteiger charge is 2.23. The number of ether oxygens (including phenoxy) is 1. The SMILES string of the molecule is CC(C)n1cc(S(=O)(=O)Cl)cc1C(=O)NC1CCOCC1. The molecule has 1 fully saturated rings. The van der Waals surface area contributed by atoms with Gasteiger partial charge in [-0.3, -0.25) is 4.79 Å². The van der Waals surface area contributed by atoms with Crippen LogP contribution in [0.1, 0.15) is 43.2 Å². The third-order valence-electron chi connectivity index (χ3n) is 3.45. The average molecular weight is 335 g/mol. The summed E-state index contributed by atoms with van der Waals surface area (Å²) >= 11 is 0. The summed E-state index contributed by atoms with van der Waals surface area (Å²) in [5, 5.41) is 2.92. The molecule has 118 valence electrons. The van der Waals surface area contributed by atoms with Gasteiger partial charge in [0.15, 0.2) is 0 Å². The molecule has 2 rings (SSSR count). The minimum Gasteiger partial charge on any atom is -0.381 e. The van der Waals surface area contributed by atoms with Crippen molar-refractivity contribution >= 4 is 25.6 Å². The Morgan fingerprint density at radius 3 is 2.57 bits per heavy atom. The van der Waals surface area contributed by atoms with Crippen molar-refractivity contribution in [1.29, 1.82) is 0 Å². The Balaban J connectivity index is 2.24. The maximum absolute atomic E-state index is 12.4. The first-order chi connectivity index (χ1) is 9.79. The van der Waals surface area contributed by atoms with Gasteiger partial charge in [-0.1, -0.05) is 0 Å². The molecule has 0 unspecified atom stereocenters. The van der Waals surface area contributed by atoms with Crippen molar-refractivity contribution in [3.63, 3.8) is 0 Å². The van der Waals surface area contributed by atoms with Crippen LogP contribution in [0.3, 0.4) is 0 Å². The van der Waals surface area contributed by atoms with Gasteiger partial charge in [0.1, 0.15) is 10.6 Å². The van der Waals surface area contributed by atoms with Crippen molar-refractivity contribution < 1.29 is 17.9 Å². The highest BCUT2D eigenvalue weighted by Crippen LogP contribution is 2.22. The molecule has 0 radical (unpaired) electrons. The van der Waals surface area contributed by atoms with Crippen molar-refractivity contribution in [1.82, 2.24) is 9.88 Å². The summed E-state index contributed by atoms with van der Waals surface area (Å²) in [7, 11) is 1.50. The zero-order valence-electron chi connectivity index (χ0n) is 12.0. The number of hydrogen-bond acceptors (Lipinski definition) is 4. The molecule has 0 aliphatic carbocycles. The third kappa shape index (κ3) is 3.99. The fourth-order valence-corrected chi connectivity index (χ4v) is 3.04. The number of carbonyl (C=O) groups is 1. The fourth-order valence-electron chi connectivity index (χ4n) is 2.30. The number of amides is 1. The number of rotatable bonds is 4. The van der Waals surface area contributed by atoms with Gasteiger partial charge in [0.25, 0.3) is 15.0 Å². The molecule has 6 nitrogen and oxygen atoms in total. The Kier molecular flexibility index (Phi) is 4.95. The quantitative estimate of drug-likeness (QED) is 0.853. The van der Waals surface area contributed by atoms with E-state index in [2.05, 4.69) is 5.32 Å². The highest BCUT2D eigenvalue weighted by molar-refractivity contribution is 8.13. The summed E-state index contributed by atoms with van der Waals surface area (Å²) in [5.74, 6) is -0.290. The summed E-state index contributed by atoms with van der Waals surface area (Å²) in [5.41, 5.74) is 0.302. The predicted octanol–water partition coefficient (Wildman–Crippen LogP) is 1.91. The van der Waals surface area contributed by atoms with E-state index in [1.807, 2.05) is 13.8 Å². The number of nitrogens with one attached hydrogen (secondary N) is 1. The normalized spacial score (nSPS) is 17.1. The second-order valence-electron chi connectivity index (χ2n) is 5.36. The molecule has 0 aromatic carbocycles. The Labute approximate surface area is 128 Å². The number of halogens is 1. The fraction of sp³-hybridized carbons (Fsp3) is 0.615. The van der Waals surface area contributed by atoms with Crippen LogP contribution >= 0.6 is 10.7 Å². The highest BCUT2D eigenvalue weighted by atomic mass is 35.7. The zero-order chi connectivity index (χ0) is 15.6. The van der Waals surface area contributed by atoms with E-state index in [9.17, 15) is 13.2 Å². The molecule has 1 saturated heterocycles. The molecule has 1 amide bonds. The van der Waals surface area contributed by atoms with Crippen LogP contribution in [-0.2, 0) is 13.8 Å². The van der Waals surface area contributed by atoms with Crippen LogP contribution in [0.4, 0.5) is 0 Å². The second-order valence-corrected chi connectivity index (χ2v) is 7.93. The van der Waals surface area contributed by atoms with Gasteiger partial charge in [-0.15, -0.1) is 0 Å². The largest absolute Gasteiger partial charge is 0.381 e. The van der Waals surface area contributed by atoms with Crippen molar-refractivity contribution in [2.24, 2.45) is 0 Å². The van der Waals surface area contributed by atoms with E-state index < -0.39 is 9.05 Å². The number of hydrogen-bond donors (Lipinski definition) is 1. The minimum absolute atomic E-state index is 0.0485. The van der Waals surface area contributed by atoms with E-state index in [0.29, 0.717) is 18.9 Å². The molecule has 1 N–H and O–H groups in total. The van der Waals surface area contributed by atoms with E-state index >= 15 is 0 Å². The molecule has 1 aromatic rings. The van der Waals surface area contributed by atoms with Crippen LogP contribution in [-0.4, -0.2) is 38.1 Å². The zero-order valence-corrected chi connectivity index (χ0v) is 13.6. The lowest BCUT2D eigenvalue weighted by molar-refractivity contribution is 0.0691. The molecule has 2 heterocycles. The van der Waals surface area contributed by atoms with Crippen LogP contribution in [0, 0.1) is 0 Å². The van der Waals surface area contributed by atoms with E-state index in [4.69, 9.17) is 15.4 Å². The molecule has 1 aliphatic heterocycles. The summed E-state index contributed by atoms with van der Waals surface area (Å²) in [4.78, 5) is 12.3. The first-order valence-corrected chi connectivity index (χ1v) is 9.15. The number of carbonyl (C=O) groups excluding carboxylic acids is 1. The first-order valence-electron chi connectivity index (χ1n) is 6.84. The van der Waals surface area contributed by atoms with Crippen LogP contribution < -0.4 is 5.32 Å². The van der Waals surface area contributed by atoms with Crippen LogP contribution in [0.5, 0.6) is 0 Å². The van der Waals surface area contributed by atoms with Crippen molar-refractivity contribution in [3.05, 3.63) is 18.0 Å². The number of aromatic nitrogens is 1. The van der Waals surface area contributed by atoms with Gasteiger partial charge in [-0.25, -0.2) is 8.42 Å². The molecular formula is C13H19ClN2O4S. The summed E-state index contributed by atoms with van der Waals surface area (Å²) in [6, 6.07) is 1.32. The molecule has 8 heteroatoms. The summed E-state index contributed by atoms with van der Waals surface area (Å²) in [6.07, 6.45) is 2.91. The van der Waals surface area contributed by atoms with Crippen LogP contribution in [0.25, 0.3) is 0 Å². The maximum Gasteiger partial charge on any atom is 0.268 e. The van der Waals surface area contributed by atoms with E-state index in [-0.39, 0.29) is 22.9 Å². The average Bonchev–Trinajstić information content (AvgIpc) is 2.85. The molecule has 0 saturated carbocycles. The molecule has 1 aromatic heterocycles. The van der Waals surface area contributed by atoms with Gasteiger partial charge < -0.3 is 14.6 Å². The molecule has 0 atom stereocenters. The van der Waals surface area contributed by atoms with Gasteiger partial charge in [0, 0.05) is 42.2 Å². The minimum atomic E-state index is -3.85. The van der Waals surface area contributed by atoms with Crippen molar-refractivity contribution in [3.8, 4) is 0 Å². The lowest BCUT2D eigenvalue weighted by Gasteiger charge is -2.23. The van der Waals surface area contributed by atoms with Gasteiger partial charge in [-0.05, 0) is 32.8 Å². The van der Waals surface area contributed by atoms with Gasteiger partial charge in [-0.2, -0.15) is 0 Å². The maximum atomic E-state index is 12.4. The van der Waals surface area contributed by atoms with E-state index in [1.54, 1.807) is 4.57 Å². The van der Waals surface area contributed by atoms with Gasteiger partial charge >= 0.3 is 0 Å². The predicted molar refractivity (Wildman–Crippen MR) is 79.2 cm³/mol. The van der Waals surface area contributed by atoms with Crippen molar-refractivity contribution in [2.75, 3.05) is 13.2 Å². The summed E-state index contributed by atoms with van der Waals surface area (Å²) < 4.78 is 29.7. The number of nitrogens with zero attached hydrogens (tertiary/aromatic N) is 1. The Bertz CT molecular complexity index is 618. The smallest absolute Gasteiger partial charge is 0.268 e. The van der Waals surface area contributed by atoms with E-state index in [0.717, 1.165) is 12.8 Å². The Hall–Kier alpha value is -1.05. The summed E-state index contributed by atoms with van der Waals surface area (Å²) in [6.45, 7) is 4.99. The lowest BCUT2D eigenvalue weighted by atomic mass is 10.1. The van der Waals surface area contributed by atoms with Crippen molar-refractivity contribution in [2.45, 2.75) is 43.7 Å².